The molecule has 2 aromatic carbocycles. The van der Waals surface area contributed by atoms with Gasteiger partial charge in [-0.3, -0.25) is 9.10 Å². The van der Waals surface area contributed by atoms with Crippen LogP contribution in [0.5, 0.6) is 0 Å². The lowest BCUT2D eigenvalue weighted by Crippen LogP contribution is -2.36. The first-order valence-corrected chi connectivity index (χ1v) is 16.3. The quantitative estimate of drug-likeness (QED) is 0.417. The number of rotatable bonds is 7. The summed E-state index contributed by atoms with van der Waals surface area (Å²) in [6.07, 6.45) is 7.60. The maximum Gasteiger partial charge on any atom is 0.323 e. The Kier molecular flexibility index (Phi) is 9.76. The van der Waals surface area contributed by atoms with Gasteiger partial charge in [-0.1, -0.05) is 0 Å². The molecule has 3 fully saturated rings. The van der Waals surface area contributed by atoms with Crippen LogP contribution in [-0.4, -0.2) is 99.4 Å². The molecule has 0 bridgehead atoms. The summed E-state index contributed by atoms with van der Waals surface area (Å²) in [7, 11) is 4.10. The van der Waals surface area contributed by atoms with Crippen LogP contribution >= 0.6 is 11.9 Å². The summed E-state index contributed by atoms with van der Waals surface area (Å²) in [5.41, 5.74) is 4.20. The predicted molar refractivity (Wildman–Crippen MR) is 176 cm³/mol. The Balaban J connectivity index is 1.06. The van der Waals surface area contributed by atoms with E-state index in [1.165, 1.54) is 10.6 Å². The van der Waals surface area contributed by atoms with Gasteiger partial charge in [0.05, 0.1) is 24.6 Å². The van der Waals surface area contributed by atoms with Gasteiger partial charge < -0.3 is 34.8 Å². The third kappa shape index (κ3) is 7.40. The van der Waals surface area contributed by atoms with Crippen molar-refractivity contribution in [1.29, 1.82) is 0 Å². The molecule has 4 aliphatic rings. The summed E-state index contributed by atoms with van der Waals surface area (Å²) in [6.45, 7) is 6.36. The van der Waals surface area contributed by atoms with Crippen molar-refractivity contribution in [2.45, 2.75) is 25.3 Å². The van der Waals surface area contributed by atoms with Gasteiger partial charge in [0.15, 0.2) is 0 Å². The highest BCUT2D eigenvalue weighted by Gasteiger charge is 2.29. The lowest BCUT2D eigenvalue weighted by Gasteiger charge is -2.36. The number of hydrogen-bond acceptors (Lipinski definition) is 8. The first kappa shape index (κ1) is 30.5. The number of benzene rings is 2. The van der Waals surface area contributed by atoms with Gasteiger partial charge in [-0.2, -0.15) is 0 Å². The number of ether oxygens (including phenoxy) is 2. The fourth-order valence-electron chi connectivity index (χ4n) is 5.98. The Labute approximate surface area is 264 Å². The Morgan fingerprint density at radius 2 is 1.48 bits per heavy atom. The SMILES string of the molecule is CN(C)C1CCN(C(=O)c2ccc(NC(=O)Nc3ccc(N4C=C(N5CCOCC5)C=C(C5CCOCC5)S4)cc3)cc2)C1. The minimum absolute atomic E-state index is 0.0274. The fraction of sp³-hybridized carbons (Fsp3) is 0.455. The molecule has 0 saturated carbocycles. The fourth-order valence-corrected chi connectivity index (χ4v) is 7.15. The Morgan fingerprint density at radius 1 is 0.841 bits per heavy atom. The van der Waals surface area contributed by atoms with Crippen molar-refractivity contribution < 1.29 is 19.1 Å². The van der Waals surface area contributed by atoms with Crippen molar-refractivity contribution in [1.82, 2.24) is 14.7 Å². The Morgan fingerprint density at radius 3 is 2.11 bits per heavy atom. The topological polar surface area (TPSA) is 89.6 Å². The molecule has 0 aliphatic carbocycles. The van der Waals surface area contributed by atoms with Gasteiger partial charge >= 0.3 is 6.03 Å². The van der Waals surface area contributed by atoms with Crippen LogP contribution in [0.25, 0.3) is 0 Å². The van der Waals surface area contributed by atoms with E-state index in [-0.39, 0.29) is 11.9 Å². The van der Waals surface area contributed by atoms with Crippen LogP contribution in [0.15, 0.2) is 71.4 Å². The van der Waals surface area contributed by atoms with Crippen LogP contribution in [0.2, 0.25) is 0 Å². The van der Waals surface area contributed by atoms with E-state index in [1.807, 2.05) is 43.3 Å². The van der Waals surface area contributed by atoms with E-state index in [0.29, 0.717) is 28.9 Å². The maximum atomic E-state index is 12.9. The molecule has 3 amide bonds. The first-order chi connectivity index (χ1) is 21.4. The molecule has 4 aliphatic heterocycles. The van der Waals surface area contributed by atoms with E-state index in [9.17, 15) is 9.59 Å². The number of urea groups is 1. The molecule has 234 valence electrons. The average Bonchev–Trinajstić information content (AvgIpc) is 3.57. The molecule has 0 radical (unpaired) electrons. The number of nitrogens with one attached hydrogen (secondary N) is 2. The van der Waals surface area contributed by atoms with Crippen LogP contribution < -0.4 is 14.9 Å². The predicted octanol–water partition coefficient (Wildman–Crippen LogP) is 5.06. The molecule has 0 spiro atoms. The lowest BCUT2D eigenvalue weighted by molar-refractivity contribution is 0.0551. The van der Waals surface area contributed by atoms with Crippen molar-refractivity contribution in [2.24, 2.45) is 5.92 Å². The molecule has 0 aromatic heterocycles. The van der Waals surface area contributed by atoms with Crippen molar-refractivity contribution in [3.05, 3.63) is 77.0 Å². The molecular formula is C33H42N6O4S. The Bertz CT molecular complexity index is 1370. The molecule has 44 heavy (non-hydrogen) atoms. The Hall–Kier alpha value is -3.51. The molecule has 1 unspecified atom stereocenters. The van der Waals surface area contributed by atoms with Gasteiger partial charge in [0.2, 0.25) is 0 Å². The van der Waals surface area contributed by atoms with Crippen LogP contribution in [0.1, 0.15) is 29.6 Å². The zero-order valence-corrected chi connectivity index (χ0v) is 26.4. The van der Waals surface area contributed by atoms with E-state index >= 15 is 0 Å². The number of amides is 3. The van der Waals surface area contributed by atoms with Gasteiger partial charge in [-0.05, 0) is 106 Å². The minimum atomic E-state index is -0.336. The number of nitrogens with zero attached hydrogens (tertiary/aromatic N) is 4. The van der Waals surface area contributed by atoms with E-state index in [2.05, 4.69) is 37.0 Å². The van der Waals surface area contributed by atoms with Crippen LogP contribution in [0.4, 0.5) is 21.9 Å². The monoisotopic (exact) mass is 618 g/mol. The second-order valence-electron chi connectivity index (χ2n) is 11.9. The number of allylic oxidation sites excluding steroid dienone is 2. The minimum Gasteiger partial charge on any atom is -0.381 e. The van der Waals surface area contributed by atoms with Crippen molar-refractivity contribution >= 4 is 40.9 Å². The van der Waals surface area contributed by atoms with Crippen LogP contribution in [0.3, 0.4) is 0 Å². The second kappa shape index (κ2) is 14.1. The number of anilines is 3. The average molecular weight is 619 g/mol. The van der Waals surface area contributed by atoms with Crippen molar-refractivity contribution in [2.75, 3.05) is 81.6 Å². The highest BCUT2D eigenvalue weighted by molar-refractivity contribution is 8.04. The molecule has 4 heterocycles. The summed E-state index contributed by atoms with van der Waals surface area (Å²) in [6, 6.07) is 15.0. The number of likely N-dealkylation sites (N-methyl/N-ethyl adjacent to an activating group) is 1. The van der Waals surface area contributed by atoms with Crippen molar-refractivity contribution in [3.63, 3.8) is 0 Å². The van der Waals surface area contributed by atoms with Crippen LogP contribution in [-0.2, 0) is 9.47 Å². The maximum absolute atomic E-state index is 12.9. The van der Waals surface area contributed by atoms with E-state index < -0.39 is 0 Å². The highest BCUT2D eigenvalue weighted by Crippen LogP contribution is 2.41. The second-order valence-corrected chi connectivity index (χ2v) is 12.9. The number of carbonyl (C=O) groups excluding carboxylic acids is 2. The molecule has 11 heteroatoms. The summed E-state index contributed by atoms with van der Waals surface area (Å²) < 4.78 is 13.4. The van der Waals surface area contributed by atoms with E-state index in [4.69, 9.17) is 9.47 Å². The molecular weight excluding hydrogens is 576 g/mol. The van der Waals surface area contributed by atoms with E-state index in [1.54, 1.807) is 36.2 Å². The van der Waals surface area contributed by atoms with Gasteiger partial charge in [-0.15, -0.1) is 0 Å². The zero-order chi connectivity index (χ0) is 30.5. The largest absolute Gasteiger partial charge is 0.381 e. The zero-order valence-electron chi connectivity index (χ0n) is 25.5. The number of hydrogen-bond donors (Lipinski definition) is 2. The molecule has 10 nitrogen and oxygen atoms in total. The normalized spacial score (nSPS) is 21.2. The molecule has 2 aromatic rings. The van der Waals surface area contributed by atoms with Crippen molar-refractivity contribution in [3.8, 4) is 0 Å². The summed E-state index contributed by atoms with van der Waals surface area (Å²) in [4.78, 5) is 33.5. The smallest absolute Gasteiger partial charge is 0.323 e. The van der Waals surface area contributed by atoms with Gasteiger partial charge in [0.25, 0.3) is 5.91 Å². The highest BCUT2D eigenvalue weighted by atomic mass is 32.2. The molecule has 3 saturated heterocycles. The van der Waals surface area contributed by atoms with Gasteiger partial charge in [0.1, 0.15) is 0 Å². The third-order valence-electron chi connectivity index (χ3n) is 8.69. The molecule has 6 rings (SSSR count). The molecule has 1 atom stereocenters. The standard InChI is InChI=1S/C33H42N6O4S/c1-36(2)29-11-14-38(22-29)32(40)25-3-5-26(6-4-25)34-33(41)35-27-7-9-28(10-8-27)39-23-30(37-15-19-43-20-16-37)21-31(44-39)24-12-17-42-18-13-24/h3-10,21,23-24,29H,11-20,22H2,1-2H3,(H2,34,35,41). The summed E-state index contributed by atoms with van der Waals surface area (Å²) in [5.74, 6) is 0.521. The molecule has 2 N–H and O–H groups in total. The number of carbonyl (C=O) groups is 2. The summed E-state index contributed by atoms with van der Waals surface area (Å²) in [5, 5.41) is 5.79. The van der Waals surface area contributed by atoms with Crippen LogP contribution in [0, 0.1) is 5.92 Å². The van der Waals surface area contributed by atoms with Gasteiger partial charge in [-0.25, -0.2) is 4.79 Å². The third-order valence-corrected chi connectivity index (χ3v) is 9.87. The number of morpholine rings is 1. The first-order valence-electron chi connectivity index (χ1n) is 15.5. The summed E-state index contributed by atoms with van der Waals surface area (Å²) >= 11 is 1.77. The number of likely N-dealkylation sites (tertiary alicyclic amines) is 1. The van der Waals surface area contributed by atoms with E-state index in [0.717, 1.165) is 77.6 Å². The lowest BCUT2D eigenvalue weighted by atomic mass is 9.99. The van der Waals surface area contributed by atoms with Gasteiger partial charge in [0, 0.05) is 73.5 Å².